The van der Waals surface area contributed by atoms with Crippen molar-refractivity contribution >= 4 is 11.9 Å². The van der Waals surface area contributed by atoms with Gasteiger partial charge < -0.3 is 10.2 Å². The van der Waals surface area contributed by atoms with E-state index in [1.54, 1.807) is 0 Å². The lowest BCUT2D eigenvalue weighted by atomic mass is 10.1. The van der Waals surface area contributed by atoms with Gasteiger partial charge in [0, 0.05) is 12.8 Å². The normalized spacial score (nSPS) is 12.6. The van der Waals surface area contributed by atoms with Crippen LogP contribution in [0.15, 0.2) is 109 Å². The molecule has 246 valence electrons. The van der Waals surface area contributed by atoms with E-state index < -0.39 is 11.9 Å². The van der Waals surface area contributed by atoms with E-state index in [2.05, 4.69) is 111 Å². The van der Waals surface area contributed by atoms with Crippen LogP contribution in [-0.2, 0) is 9.59 Å². The van der Waals surface area contributed by atoms with Gasteiger partial charge in [0.2, 0.25) is 0 Å². The summed E-state index contributed by atoms with van der Waals surface area (Å²) in [6.45, 7) is 4.30. The Balaban J connectivity index is 0. The lowest BCUT2D eigenvalue weighted by Crippen LogP contribution is -1.93. The smallest absolute Gasteiger partial charge is 0.303 e. The summed E-state index contributed by atoms with van der Waals surface area (Å²) in [7, 11) is 0. The number of allylic oxidation sites excluding steroid dienone is 18. The monoisotopic (exact) mass is 606 g/mol. The van der Waals surface area contributed by atoms with Gasteiger partial charge in [0.15, 0.2) is 0 Å². The largest absolute Gasteiger partial charge is 0.481 e. The van der Waals surface area contributed by atoms with E-state index in [1.165, 1.54) is 12.8 Å². The summed E-state index contributed by atoms with van der Waals surface area (Å²) in [6.07, 6.45) is 55.8. The molecule has 0 aliphatic carbocycles. The second-order valence-corrected chi connectivity index (χ2v) is 10.3. The van der Waals surface area contributed by atoms with Gasteiger partial charge in [-0.15, -0.1) is 0 Å². The van der Waals surface area contributed by atoms with Crippen LogP contribution in [0, 0.1) is 0 Å². The minimum absolute atomic E-state index is 0.210. The van der Waals surface area contributed by atoms with Crippen molar-refractivity contribution in [2.45, 2.75) is 129 Å². The molecule has 4 nitrogen and oxygen atoms in total. The molecule has 0 saturated carbocycles. The lowest BCUT2D eigenvalue weighted by molar-refractivity contribution is -0.138. The molecule has 0 bridgehead atoms. The van der Waals surface area contributed by atoms with Crippen LogP contribution in [-0.4, -0.2) is 22.2 Å². The van der Waals surface area contributed by atoms with Crippen molar-refractivity contribution in [1.82, 2.24) is 0 Å². The fourth-order valence-corrected chi connectivity index (χ4v) is 3.74. The highest BCUT2D eigenvalue weighted by atomic mass is 16.4. The molecule has 0 unspecified atom stereocenters. The zero-order chi connectivity index (χ0) is 32.6. The SMILES string of the molecule is CC/C=C\C/C=C\C/C=C\C/C=C\C/C=C\C/C=C\CCC(=O)O.CC/C=C\C/C=C\C/C=C\CCCCCCCC(=O)O. The molecule has 0 atom stereocenters. The van der Waals surface area contributed by atoms with Crippen molar-refractivity contribution in [3.8, 4) is 0 Å². The van der Waals surface area contributed by atoms with E-state index in [-0.39, 0.29) is 6.42 Å². The van der Waals surface area contributed by atoms with Crippen molar-refractivity contribution in [3.05, 3.63) is 109 Å². The van der Waals surface area contributed by atoms with Gasteiger partial charge in [-0.05, 0) is 83.5 Å². The molecule has 44 heavy (non-hydrogen) atoms. The van der Waals surface area contributed by atoms with Gasteiger partial charge in [-0.25, -0.2) is 0 Å². The molecule has 0 heterocycles. The Morgan fingerprint density at radius 1 is 0.364 bits per heavy atom. The summed E-state index contributed by atoms with van der Waals surface area (Å²) >= 11 is 0. The van der Waals surface area contributed by atoms with Crippen LogP contribution in [0.4, 0.5) is 0 Å². The van der Waals surface area contributed by atoms with Crippen LogP contribution >= 0.6 is 0 Å². The van der Waals surface area contributed by atoms with E-state index in [0.29, 0.717) is 12.8 Å². The maximum atomic E-state index is 10.3. The molecule has 0 amide bonds. The van der Waals surface area contributed by atoms with Gasteiger partial charge in [0.05, 0.1) is 0 Å². The Morgan fingerprint density at radius 2 is 0.659 bits per heavy atom. The Morgan fingerprint density at radius 3 is 1.02 bits per heavy atom. The summed E-state index contributed by atoms with van der Waals surface area (Å²) in [5.41, 5.74) is 0. The van der Waals surface area contributed by atoms with Gasteiger partial charge in [0.1, 0.15) is 0 Å². The first-order valence-corrected chi connectivity index (χ1v) is 16.8. The van der Waals surface area contributed by atoms with Gasteiger partial charge in [0.25, 0.3) is 0 Å². The standard InChI is InChI=1S/C22H32O2.C18H30O2/c1-2-3-4-5-6-7-8-9-10-11-12-13-14-15-16-17-18-19-20-21-22(23)24;1-2-3-4-5-6-7-8-9-10-11-12-13-14-15-16-17-18(19)20/h3-4,6-7,9-10,12-13,15-16,18-19H,2,5,8,11,14,17,20-21H2,1H3,(H,23,24);3-4,6-7,9-10H,2,5,8,11-17H2,1H3,(H,19,20)/b4-3-,7-6-,10-9-,13-12-,16-15-,19-18-;4-3-,7-6-,10-9-. The predicted molar refractivity (Wildman–Crippen MR) is 192 cm³/mol. The molecular weight excluding hydrogens is 544 g/mol. The molecule has 0 aliphatic rings. The number of rotatable bonds is 27. The molecule has 0 radical (unpaired) electrons. The average molecular weight is 607 g/mol. The topological polar surface area (TPSA) is 74.6 Å². The number of hydrogen-bond donors (Lipinski definition) is 2. The number of aliphatic carboxylic acids is 2. The average Bonchev–Trinajstić information content (AvgIpc) is 3.00. The number of carboxylic acid groups (broad SMARTS) is 2. The van der Waals surface area contributed by atoms with Gasteiger partial charge in [-0.2, -0.15) is 0 Å². The first-order chi connectivity index (χ1) is 21.5. The van der Waals surface area contributed by atoms with Gasteiger partial charge in [-0.1, -0.05) is 142 Å². The van der Waals surface area contributed by atoms with E-state index in [9.17, 15) is 9.59 Å². The maximum absolute atomic E-state index is 10.3. The molecule has 0 saturated heterocycles. The van der Waals surface area contributed by atoms with Crippen LogP contribution in [0.25, 0.3) is 0 Å². The fourth-order valence-electron chi connectivity index (χ4n) is 3.74. The zero-order valence-corrected chi connectivity index (χ0v) is 27.8. The molecule has 0 rings (SSSR count). The first-order valence-electron chi connectivity index (χ1n) is 16.8. The van der Waals surface area contributed by atoms with E-state index >= 15 is 0 Å². The number of carboxylic acids is 2. The number of unbranched alkanes of at least 4 members (excludes halogenated alkanes) is 5. The van der Waals surface area contributed by atoms with Crippen molar-refractivity contribution in [2.24, 2.45) is 0 Å². The number of hydrogen-bond acceptors (Lipinski definition) is 2. The van der Waals surface area contributed by atoms with Crippen molar-refractivity contribution < 1.29 is 19.8 Å². The van der Waals surface area contributed by atoms with Crippen LogP contribution in [0.2, 0.25) is 0 Å². The lowest BCUT2D eigenvalue weighted by Gasteiger charge is -1.98. The van der Waals surface area contributed by atoms with Crippen LogP contribution in [0.3, 0.4) is 0 Å². The number of carbonyl (C=O) groups is 2. The predicted octanol–water partition coefficient (Wildman–Crippen LogP) is 12.2. The third-order valence-corrected chi connectivity index (χ3v) is 6.16. The molecule has 0 aromatic heterocycles. The molecule has 0 spiro atoms. The molecule has 0 fully saturated rings. The van der Waals surface area contributed by atoms with Crippen LogP contribution in [0.1, 0.15) is 129 Å². The second-order valence-electron chi connectivity index (χ2n) is 10.3. The zero-order valence-electron chi connectivity index (χ0n) is 27.8. The Kier molecular flexibility index (Phi) is 38.5. The maximum Gasteiger partial charge on any atom is 0.303 e. The quantitative estimate of drug-likeness (QED) is 0.0720. The van der Waals surface area contributed by atoms with Gasteiger partial charge in [-0.3, -0.25) is 9.59 Å². The molecule has 4 heteroatoms. The highest BCUT2D eigenvalue weighted by Crippen LogP contribution is 2.08. The molecule has 0 aliphatic heterocycles. The van der Waals surface area contributed by atoms with E-state index in [1.807, 2.05) is 12.2 Å². The Hall–Kier alpha value is -3.40. The molecule has 2 N–H and O–H groups in total. The van der Waals surface area contributed by atoms with E-state index in [4.69, 9.17) is 10.2 Å². The minimum Gasteiger partial charge on any atom is -0.481 e. The van der Waals surface area contributed by atoms with E-state index in [0.717, 1.165) is 83.5 Å². The van der Waals surface area contributed by atoms with Gasteiger partial charge >= 0.3 is 11.9 Å². The summed E-state index contributed by atoms with van der Waals surface area (Å²) < 4.78 is 0. The summed E-state index contributed by atoms with van der Waals surface area (Å²) in [5.74, 6) is -1.42. The fraction of sp³-hybridized carbons (Fsp3) is 0.500. The first kappa shape index (κ1) is 42.7. The minimum atomic E-state index is -0.741. The Labute approximate surface area is 270 Å². The molecule has 0 aromatic carbocycles. The molecular formula is C40H62O4. The van der Waals surface area contributed by atoms with Crippen LogP contribution in [0.5, 0.6) is 0 Å². The highest BCUT2D eigenvalue weighted by molar-refractivity contribution is 5.67. The third-order valence-electron chi connectivity index (χ3n) is 6.16. The summed E-state index contributed by atoms with van der Waals surface area (Å²) in [6, 6.07) is 0. The third kappa shape index (κ3) is 45.6. The van der Waals surface area contributed by atoms with Crippen molar-refractivity contribution in [3.63, 3.8) is 0 Å². The van der Waals surface area contributed by atoms with Crippen LogP contribution < -0.4 is 0 Å². The summed E-state index contributed by atoms with van der Waals surface area (Å²) in [5, 5.41) is 17.0. The van der Waals surface area contributed by atoms with Crippen molar-refractivity contribution in [2.75, 3.05) is 0 Å². The molecule has 0 aromatic rings. The summed E-state index contributed by atoms with van der Waals surface area (Å²) in [4.78, 5) is 20.6. The van der Waals surface area contributed by atoms with Crippen molar-refractivity contribution in [1.29, 1.82) is 0 Å². The second kappa shape index (κ2) is 39.6. The highest BCUT2D eigenvalue weighted by Gasteiger charge is 1.95. The Bertz CT molecular complexity index is 910.